The number of anilines is 1. The zero-order valence-corrected chi connectivity index (χ0v) is 15.8. The van der Waals surface area contributed by atoms with Crippen LogP contribution in [-0.2, 0) is 21.4 Å². The number of sulfonamides is 1. The number of nitrogens with one attached hydrogen (secondary N) is 1. The van der Waals surface area contributed by atoms with Gasteiger partial charge in [-0.1, -0.05) is 23.7 Å². The fourth-order valence-corrected chi connectivity index (χ4v) is 3.18. The van der Waals surface area contributed by atoms with Gasteiger partial charge >= 0.3 is 0 Å². The van der Waals surface area contributed by atoms with Gasteiger partial charge in [-0.15, -0.1) is 0 Å². The predicted molar refractivity (Wildman–Crippen MR) is 98.3 cm³/mol. The Morgan fingerprint density at radius 2 is 1.88 bits per heavy atom. The van der Waals surface area contributed by atoms with Crippen LogP contribution < -0.4 is 10.1 Å². The van der Waals surface area contributed by atoms with E-state index in [0.29, 0.717) is 22.0 Å². The van der Waals surface area contributed by atoms with E-state index in [9.17, 15) is 17.6 Å². The van der Waals surface area contributed by atoms with Gasteiger partial charge in [0, 0.05) is 12.2 Å². The highest BCUT2D eigenvalue weighted by atomic mass is 35.5. The summed E-state index contributed by atoms with van der Waals surface area (Å²) in [6.07, 6.45) is 1.01. The molecular weight excluding hydrogens is 383 g/mol. The Balaban J connectivity index is 2.09. The third kappa shape index (κ3) is 5.69. The van der Waals surface area contributed by atoms with Gasteiger partial charge in [0.25, 0.3) is 0 Å². The molecule has 2 aromatic rings. The van der Waals surface area contributed by atoms with Crippen LogP contribution in [-0.4, -0.2) is 38.5 Å². The molecule has 0 aliphatic carbocycles. The summed E-state index contributed by atoms with van der Waals surface area (Å²) in [6, 6.07) is 10.1. The van der Waals surface area contributed by atoms with Crippen molar-refractivity contribution in [3.63, 3.8) is 0 Å². The highest BCUT2D eigenvalue weighted by molar-refractivity contribution is 7.88. The summed E-state index contributed by atoms with van der Waals surface area (Å²) in [5, 5.41) is 2.90. The zero-order chi connectivity index (χ0) is 19.3. The van der Waals surface area contributed by atoms with Gasteiger partial charge in [-0.3, -0.25) is 4.79 Å². The number of hydrogen-bond acceptors (Lipinski definition) is 4. The van der Waals surface area contributed by atoms with E-state index in [1.807, 2.05) is 0 Å². The van der Waals surface area contributed by atoms with Crippen LogP contribution in [0.1, 0.15) is 5.56 Å². The average Bonchev–Trinajstić information content (AvgIpc) is 2.55. The molecule has 0 atom stereocenters. The van der Waals surface area contributed by atoms with Gasteiger partial charge in [0.05, 0.1) is 24.9 Å². The fraction of sp³-hybridized carbons (Fsp3) is 0.235. The number of rotatable bonds is 7. The summed E-state index contributed by atoms with van der Waals surface area (Å²) in [5.41, 5.74) is 0.980. The first-order valence-electron chi connectivity index (χ1n) is 7.52. The summed E-state index contributed by atoms with van der Waals surface area (Å²) in [7, 11) is -2.18. The van der Waals surface area contributed by atoms with Gasteiger partial charge in [0.2, 0.25) is 15.9 Å². The Kier molecular flexibility index (Phi) is 6.57. The van der Waals surface area contributed by atoms with Crippen LogP contribution in [0.2, 0.25) is 5.02 Å². The minimum Gasteiger partial charge on any atom is -0.495 e. The summed E-state index contributed by atoms with van der Waals surface area (Å²) in [5.74, 6) is -0.494. The van der Waals surface area contributed by atoms with Gasteiger partial charge in [-0.25, -0.2) is 12.8 Å². The summed E-state index contributed by atoms with van der Waals surface area (Å²) < 4.78 is 42.9. The molecule has 0 radical (unpaired) electrons. The number of carbonyl (C=O) groups is 1. The monoisotopic (exact) mass is 400 g/mol. The van der Waals surface area contributed by atoms with Crippen LogP contribution >= 0.6 is 11.6 Å². The number of carbonyl (C=O) groups excluding carboxylic acids is 1. The van der Waals surface area contributed by atoms with Crippen molar-refractivity contribution in [2.24, 2.45) is 0 Å². The van der Waals surface area contributed by atoms with Crippen LogP contribution in [0.25, 0.3) is 0 Å². The first kappa shape index (κ1) is 20.2. The largest absolute Gasteiger partial charge is 0.495 e. The first-order valence-corrected chi connectivity index (χ1v) is 9.74. The normalized spacial score (nSPS) is 11.4. The zero-order valence-electron chi connectivity index (χ0n) is 14.2. The standard InChI is InChI=1S/C17H18ClFN2O4S/c1-25-16-8-7-14(9-15(16)18)20-17(22)11-21(26(2,23)24)10-12-3-5-13(19)6-4-12/h3-9H,10-11H2,1-2H3,(H,20,22). The third-order valence-electron chi connectivity index (χ3n) is 3.50. The molecule has 0 aliphatic heterocycles. The van der Waals surface area contributed by atoms with Crippen LogP contribution in [0.5, 0.6) is 5.75 Å². The van der Waals surface area contributed by atoms with Crippen molar-refractivity contribution in [3.8, 4) is 5.75 Å². The van der Waals surface area contributed by atoms with E-state index in [1.165, 1.54) is 37.4 Å². The van der Waals surface area contributed by atoms with Crippen molar-refractivity contribution < 1.29 is 22.3 Å². The van der Waals surface area contributed by atoms with Crippen LogP contribution in [0.3, 0.4) is 0 Å². The van der Waals surface area contributed by atoms with Gasteiger partial charge in [-0.05, 0) is 35.9 Å². The summed E-state index contributed by atoms with van der Waals surface area (Å²) >= 11 is 6.00. The van der Waals surface area contributed by atoms with Gasteiger partial charge in [-0.2, -0.15) is 4.31 Å². The van der Waals surface area contributed by atoms with Crippen molar-refractivity contribution in [1.82, 2.24) is 4.31 Å². The van der Waals surface area contributed by atoms with Gasteiger partial charge in [0.1, 0.15) is 11.6 Å². The molecule has 0 saturated heterocycles. The molecule has 0 unspecified atom stereocenters. The van der Waals surface area contributed by atoms with Crippen LogP contribution in [0, 0.1) is 5.82 Å². The molecule has 26 heavy (non-hydrogen) atoms. The maximum absolute atomic E-state index is 13.0. The lowest BCUT2D eigenvalue weighted by atomic mass is 10.2. The van der Waals surface area contributed by atoms with E-state index in [1.54, 1.807) is 12.1 Å². The van der Waals surface area contributed by atoms with Gasteiger partial charge < -0.3 is 10.1 Å². The molecule has 0 fully saturated rings. The lowest BCUT2D eigenvalue weighted by molar-refractivity contribution is -0.116. The molecule has 2 rings (SSSR count). The molecule has 6 nitrogen and oxygen atoms in total. The van der Waals surface area contributed by atoms with E-state index in [2.05, 4.69) is 5.32 Å². The number of amides is 1. The Labute approximate surface area is 156 Å². The molecule has 9 heteroatoms. The molecule has 0 heterocycles. The minimum atomic E-state index is -3.65. The molecule has 0 aliphatic rings. The maximum Gasteiger partial charge on any atom is 0.239 e. The number of halogens is 2. The smallest absolute Gasteiger partial charge is 0.239 e. The molecule has 0 aromatic heterocycles. The molecule has 0 bridgehead atoms. The van der Waals surface area contributed by atoms with E-state index in [-0.39, 0.29) is 13.1 Å². The molecule has 2 aromatic carbocycles. The molecule has 0 spiro atoms. The Bertz CT molecular complexity index is 888. The van der Waals surface area contributed by atoms with Crippen LogP contribution in [0.4, 0.5) is 10.1 Å². The number of methoxy groups -OCH3 is 1. The summed E-state index contributed by atoms with van der Waals surface area (Å²) in [4.78, 5) is 12.2. The lowest BCUT2D eigenvalue weighted by Gasteiger charge is -2.19. The van der Waals surface area contributed by atoms with E-state index < -0.39 is 21.7 Å². The highest BCUT2D eigenvalue weighted by Gasteiger charge is 2.21. The molecule has 0 saturated carbocycles. The quantitative estimate of drug-likeness (QED) is 0.775. The second kappa shape index (κ2) is 8.48. The lowest BCUT2D eigenvalue weighted by Crippen LogP contribution is -2.36. The maximum atomic E-state index is 13.0. The fourth-order valence-electron chi connectivity index (χ4n) is 2.19. The van der Waals surface area contributed by atoms with Gasteiger partial charge in [0.15, 0.2) is 0 Å². The van der Waals surface area contributed by atoms with E-state index >= 15 is 0 Å². The van der Waals surface area contributed by atoms with Crippen LogP contribution in [0.15, 0.2) is 42.5 Å². The molecule has 1 N–H and O–H groups in total. The minimum absolute atomic E-state index is 0.0457. The molecule has 1 amide bonds. The van der Waals surface area contributed by atoms with Crippen molar-refractivity contribution in [2.45, 2.75) is 6.54 Å². The number of hydrogen-bond donors (Lipinski definition) is 1. The second-order valence-electron chi connectivity index (χ2n) is 5.56. The Morgan fingerprint density at radius 3 is 2.42 bits per heavy atom. The number of ether oxygens (including phenoxy) is 1. The highest BCUT2D eigenvalue weighted by Crippen LogP contribution is 2.27. The molecular formula is C17H18ClFN2O4S. The van der Waals surface area contributed by atoms with Crippen molar-refractivity contribution in [1.29, 1.82) is 0 Å². The van der Waals surface area contributed by atoms with Crippen molar-refractivity contribution >= 4 is 33.2 Å². The topological polar surface area (TPSA) is 75.7 Å². The van der Waals surface area contributed by atoms with Crippen molar-refractivity contribution in [2.75, 3.05) is 25.2 Å². The summed E-state index contributed by atoms with van der Waals surface area (Å²) in [6.45, 7) is -0.435. The SMILES string of the molecule is COc1ccc(NC(=O)CN(Cc2ccc(F)cc2)S(C)(=O)=O)cc1Cl. The predicted octanol–water partition coefficient (Wildman–Crippen LogP) is 2.89. The molecule has 140 valence electrons. The second-order valence-corrected chi connectivity index (χ2v) is 7.94. The number of nitrogens with zero attached hydrogens (tertiary/aromatic N) is 1. The first-order chi connectivity index (χ1) is 12.2. The number of benzene rings is 2. The van der Waals surface area contributed by atoms with Crippen molar-refractivity contribution in [3.05, 3.63) is 58.9 Å². The Hall–Kier alpha value is -2.16. The van der Waals surface area contributed by atoms with E-state index in [4.69, 9.17) is 16.3 Å². The third-order valence-corrected chi connectivity index (χ3v) is 4.99. The average molecular weight is 401 g/mol. The Morgan fingerprint density at radius 1 is 1.23 bits per heavy atom. The van der Waals surface area contributed by atoms with E-state index in [0.717, 1.165) is 10.6 Å².